The molecule has 1 atom stereocenters. The van der Waals surface area contributed by atoms with Gasteiger partial charge >= 0.3 is 0 Å². The fourth-order valence-electron chi connectivity index (χ4n) is 2.24. The van der Waals surface area contributed by atoms with Gasteiger partial charge in [0.05, 0.1) is 11.6 Å². The minimum absolute atomic E-state index is 0.330. The van der Waals surface area contributed by atoms with Crippen LogP contribution in [0.1, 0.15) is 26.3 Å². The predicted octanol–water partition coefficient (Wildman–Crippen LogP) is 2.26. The third-order valence-corrected chi connectivity index (χ3v) is 4.00. The molecule has 1 rings (SSSR count). The molecule has 5 nitrogen and oxygen atoms in total. The van der Waals surface area contributed by atoms with Crippen LogP contribution in [0.2, 0.25) is 0 Å². The third-order valence-electron chi connectivity index (χ3n) is 3.34. The Bertz CT molecular complexity index is 553. The molecule has 2 amide bonds. The van der Waals surface area contributed by atoms with Gasteiger partial charge in [-0.1, -0.05) is 26.8 Å². The van der Waals surface area contributed by atoms with Gasteiger partial charge < -0.3 is 15.8 Å². The summed E-state index contributed by atoms with van der Waals surface area (Å²) in [5, 5.41) is 2.78. The lowest BCUT2D eigenvalue weighted by Gasteiger charge is -2.26. The number of hydrogen-bond acceptors (Lipinski definition) is 3. The molecule has 0 saturated heterocycles. The number of ether oxygens (including phenoxy) is 1. The van der Waals surface area contributed by atoms with Gasteiger partial charge in [0.2, 0.25) is 11.8 Å². The second-order valence-corrected chi connectivity index (χ2v) is 7.07. The molecule has 0 fully saturated rings. The maximum absolute atomic E-state index is 12.2. The molecule has 0 aliphatic carbocycles. The molecule has 0 aromatic heterocycles. The van der Waals surface area contributed by atoms with Crippen molar-refractivity contribution in [1.29, 1.82) is 0 Å². The van der Waals surface area contributed by atoms with E-state index in [1.54, 1.807) is 7.11 Å². The van der Waals surface area contributed by atoms with E-state index >= 15 is 0 Å². The summed E-state index contributed by atoms with van der Waals surface area (Å²) in [6, 6.07) is 5.76. The standard InChI is InChI=1S/C16H23BrN2O3/c1-16(2,3)13(14(18)20)15(21)19-8-7-10-5-6-11(17)12(9-10)22-4/h5-6,9,13H,7-8H2,1-4H3,(H2,18,20)(H,19,21). The van der Waals surface area contributed by atoms with E-state index in [0.29, 0.717) is 13.0 Å². The highest BCUT2D eigenvalue weighted by molar-refractivity contribution is 9.10. The first kappa shape index (κ1) is 18.5. The normalized spacial score (nSPS) is 12.6. The molecule has 0 heterocycles. The Morgan fingerprint density at radius 2 is 2.00 bits per heavy atom. The number of carbonyl (C=O) groups excluding carboxylic acids is 2. The van der Waals surface area contributed by atoms with E-state index in [9.17, 15) is 9.59 Å². The molecule has 0 radical (unpaired) electrons. The molecular formula is C16H23BrN2O3. The molecule has 0 saturated carbocycles. The molecular weight excluding hydrogens is 348 g/mol. The van der Waals surface area contributed by atoms with Gasteiger partial charge in [0.15, 0.2) is 0 Å². The largest absolute Gasteiger partial charge is 0.496 e. The number of benzene rings is 1. The summed E-state index contributed by atoms with van der Waals surface area (Å²) < 4.78 is 6.11. The van der Waals surface area contributed by atoms with Crippen LogP contribution in [-0.4, -0.2) is 25.5 Å². The van der Waals surface area contributed by atoms with Gasteiger partial charge in [-0.25, -0.2) is 0 Å². The van der Waals surface area contributed by atoms with Crippen LogP contribution in [0.5, 0.6) is 5.75 Å². The zero-order valence-corrected chi connectivity index (χ0v) is 15.0. The van der Waals surface area contributed by atoms with Crippen molar-refractivity contribution in [2.75, 3.05) is 13.7 Å². The lowest BCUT2D eigenvalue weighted by atomic mass is 9.79. The molecule has 122 valence electrons. The number of nitrogens with two attached hydrogens (primary N) is 1. The first-order chi connectivity index (χ1) is 10.2. The number of primary amides is 1. The Kier molecular flexibility index (Phi) is 6.41. The first-order valence-electron chi connectivity index (χ1n) is 7.06. The number of rotatable bonds is 6. The minimum Gasteiger partial charge on any atom is -0.496 e. The van der Waals surface area contributed by atoms with Crippen LogP contribution in [0.3, 0.4) is 0 Å². The van der Waals surface area contributed by atoms with Crippen molar-refractivity contribution in [3.63, 3.8) is 0 Å². The number of hydrogen-bond donors (Lipinski definition) is 2. The fourth-order valence-corrected chi connectivity index (χ4v) is 2.65. The van der Waals surface area contributed by atoms with E-state index in [0.717, 1.165) is 15.8 Å². The summed E-state index contributed by atoms with van der Waals surface area (Å²) in [6.07, 6.45) is 0.644. The summed E-state index contributed by atoms with van der Waals surface area (Å²) in [5.41, 5.74) is 5.87. The van der Waals surface area contributed by atoms with Gasteiger partial charge in [-0.3, -0.25) is 9.59 Å². The summed E-state index contributed by atoms with van der Waals surface area (Å²) >= 11 is 3.39. The maximum atomic E-state index is 12.2. The Morgan fingerprint density at radius 1 is 1.36 bits per heavy atom. The Balaban J connectivity index is 2.63. The number of amides is 2. The SMILES string of the molecule is COc1cc(CCNC(=O)C(C(N)=O)C(C)(C)C)ccc1Br. The third kappa shape index (κ3) is 5.02. The van der Waals surface area contributed by atoms with Crippen LogP contribution in [0.15, 0.2) is 22.7 Å². The fraction of sp³-hybridized carbons (Fsp3) is 0.500. The number of carbonyl (C=O) groups is 2. The van der Waals surface area contributed by atoms with E-state index in [2.05, 4.69) is 21.2 Å². The quantitative estimate of drug-likeness (QED) is 0.753. The van der Waals surface area contributed by atoms with Crippen molar-refractivity contribution in [2.45, 2.75) is 27.2 Å². The Morgan fingerprint density at radius 3 is 2.50 bits per heavy atom. The molecule has 3 N–H and O–H groups in total. The Hall–Kier alpha value is -1.56. The van der Waals surface area contributed by atoms with Crippen molar-refractivity contribution in [1.82, 2.24) is 5.32 Å². The Labute approximate surface area is 139 Å². The van der Waals surface area contributed by atoms with Crippen LogP contribution >= 0.6 is 15.9 Å². The van der Waals surface area contributed by atoms with Crippen LogP contribution in [0, 0.1) is 11.3 Å². The van der Waals surface area contributed by atoms with Crippen LogP contribution in [0.25, 0.3) is 0 Å². The molecule has 0 spiro atoms. The molecule has 0 bridgehead atoms. The molecule has 0 aliphatic rings. The van der Waals surface area contributed by atoms with E-state index in [1.807, 2.05) is 39.0 Å². The highest BCUT2D eigenvalue weighted by Gasteiger charge is 2.35. The minimum atomic E-state index is -0.841. The highest BCUT2D eigenvalue weighted by atomic mass is 79.9. The monoisotopic (exact) mass is 370 g/mol. The summed E-state index contributed by atoms with van der Waals surface area (Å²) in [6.45, 7) is 5.90. The van der Waals surface area contributed by atoms with Gasteiger partial charge in [-0.05, 0) is 45.5 Å². The topological polar surface area (TPSA) is 81.4 Å². The average molecular weight is 371 g/mol. The molecule has 1 aromatic carbocycles. The zero-order chi connectivity index (χ0) is 16.9. The van der Waals surface area contributed by atoms with E-state index in [-0.39, 0.29) is 5.91 Å². The van der Waals surface area contributed by atoms with E-state index in [1.165, 1.54) is 0 Å². The molecule has 1 unspecified atom stereocenters. The molecule has 22 heavy (non-hydrogen) atoms. The molecule has 6 heteroatoms. The number of halogens is 1. The highest BCUT2D eigenvalue weighted by Crippen LogP contribution is 2.26. The van der Waals surface area contributed by atoms with Crippen molar-refractivity contribution in [2.24, 2.45) is 17.1 Å². The van der Waals surface area contributed by atoms with Gasteiger partial charge in [-0.2, -0.15) is 0 Å². The smallest absolute Gasteiger partial charge is 0.233 e. The number of nitrogens with one attached hydrogen (secondary N) is 1. The second kappa shape index (κ2) is 7.63. The summed E-state index contributed by atoms with van der Waals surface area (Å²) in [4.78, 5) is 23.6. The molecule has 1 aromatic rings. The average Bonchev–Trinajstić information content (AvgIpc) is 2.38. The van der Waals surface area contributed by atoms with Crippen molar-refractivity contribution >= 4 is 27.7 Å². The summed E-state index contributed by atoms with van der Waals surface area (Å²) in [5.74, 6) is -1.03. The lowest BCUT2D eigenvalue weighted by molar-refractivity contribution is -0.137. The van der Waals surface area contributed by atoms with Crippen molar-refractivity contribution < 1.29 is 14.3 Å². The van der Waals surface area contributed by atoms with Crippen LogP contribution < -0.4 is 15.8 Å². The number of methoxy groups -OCH3 is 1. The van der Waals surface area contributed by atoms with E-state index in [4.69, 9.17) is 10.5 Å². The van der Waals surface area contributed by atoms with Crippen molar-refractivity contribution in [3.8, 4) is 5.75 Å². The van der Waals surface area contributed by atoms with Gasteiger partial charge in [0.1, 0.15) is 11.7 Å². The lowest BCUT2D eigenvalue weighted by Crippen LogP contribution is -2.46. The van der Waals surface area contributed by atoms with E-state index < -0.39 is 17.2 Å². The van der Waals surface area contributed by atoms with Crippen LogP contribution in [0.4, 0.5) is 0 Å². The molecule has 0 aliphatic heterocycles. The maximum Gasteiger partial charge on any atom is 0.233 e. The zero-order valence-electron chi connectivity index (χ0n) is 13.4. The second-order valence-electron chi connectivity index (χ2n) is 6.21. The van der Waals surface area contributed by atoms with Gasteiger partial charge in [0.25, 0.3) is 0 Å². The van der Waals surface area contributed by atoms with Gasteiger partial charge in [0, 0.05) is 6.54 Å². The summed E-state index contributed by atoms with van der Waals surface area (Å²) in [7, 11) is 1.60. The van der Waals surface area contributed by atoms with Crippen LogP contribution in [-0.2, 0) is 16.0 Å². The van der Waals surface area contributed by atoms with Gasteiger partial charge in [-0.15, -0.1) is 0 Å². The van der Waals surface area contributed by atoms with Crippen molar-refractivity contribution in [3.05, 3.63) is 28.2 Å². The first-order valence-corrected chi connectivity index (χ1v) is 7.85. The predicted molar refractivity (Wildman–Crippen MR) is 89.5 cm³/mol.